The summed E-state index contributed by atoms with van der Waals surface area (Å²) in [4.78, 5) is 9.00. The van der Waals surface area contributed by atoms with Crippen molar-refractivity contribution in [1.82, 2.24) is 9.97 Å². The summed E-state index contributed by atoms with van der Waals surface area (Å²) in [6.45, 7) is 2.11. The van der Waals surface area contributed by atoms with E-state index >= 15 is 0 Å². The molecule has 110 valence electrons. The molecule has 0 bridgehead atoms. The molecule has 0 saturated heterocycles. The number of aryl methyl sites for hydroxylation is 1. The molecule has 0 unspecified atom stereocenters. The van der Waals surface area contributed by atoms with Gasteiger partial charge in [-0.25, -0.2) is 9.97 Å². The quantitative estimate of drug-likeness (QED) is 0.916. The lowest BCUT2D eigenvalue weighted by molar-refractivity contribution is 0.171. The molecule has 1 aliphatic heterocycles. The minimum Gasteiger partial charge on any atom is -0.493 e. The van der Waals surface area contributed by atoms with Gasteiger partial charge in [-0.2, -0.15) is 0 Å². The van der Waals surface area contributed by atoms with Crippen LogP contribution in [-0.4, -0.2) is 30.9 Å². The van der Waals surface area contributed by atoms with Crippen molar-refractivity contribution < 1.29 is 14.2 Å². The normalized spacial score (nSPS) is 12.4. The lowest BCUT2D eigenvalue weighted by Gasteiger charge is -2.11. The topological polar surface area (TPSA) is 65.5 Å². The molecule has 0 fully saturated rings. The van der Waals surface area contributed by atoms with Crippen LogP contribution in [-0.2, 0) is 0 Å². The Hall–Kier alpha value is -2.02. The largest absolute Gasteiger partial charge is 0.493 e. The van der Waals surface area contributed by atoms with Crippen LogP contribution >= 0.6 is 15.9 Å². The van der Waals surface area contributed by atoms with Gasteiger partial charge in [-0.15, -0.1) is 0 Å². The average Bonchev–Trinajstić information content (AvgIpc) is 2.97. The minimum absolute atomic E-state index is 0.192. The fraction of sp³-hybridized carbons (Fsp3) is 0.286. The van der Waals surface area contributed by atoms with Gasteiger partial charge >= 0.3 is 0 Å². The first-order valence-corrected chi connectivity index (χ1v) is 7.13. The van der Waals surface area contributed by atoms with Crippen LogP contribution in [0.25, 0.3) is 11.4 Å². The summed E-state index contributed by atoms with van der Waals surface area (Å²) in [5.74, 6) is 3.18. The highest BCUT2D eigenvalue weighted by Gasteiger charge is 2.22. The number of rotatable bonds is 3. The third-order valence-electron chi connectivity index (χ3n) is 3.17. The van der Waals surface area contributed by atoms with E-state index in [1.54, 1.807) is 7.11 Å². The predicted octanol–water partition coefficient (Wildman–Crippen LogP) is 2.99. The zero-order valence-electron chi connectivity index (χ0n) is 11.9. The number of fused-ring (bicyclic) bond motifs is 1. The van der Waals surface area contributed by atoms with Gasteiger partial charge in [-0.1, -0.05) is 0 Å². The third-order valence-corrected chi connectivity index (χ3v) is 4.12. The van der Waals surface area contributed by atoms with Crippen molar-refractivity contribution in [3.63, 3.8) is 0 Å². The first kappa shape index (κ1) is 13.9. The van der Waals surface area contributed by atoms with Crippen molar-refractivity contribution in [2.24, 2.45) is 0 Å². The number of ether oxygens (including phenoxy) is 3. The van der Waals surface area contributed by atoms with E-state index in [2.05, 4.69) is 31.2 Å². The van der Waals surface area contributed by atoms with E-state index in [1.165, 1.54) is 0 Å². The Morgan fingerprint density at radius 2 is 2.10 bits per heavy atom. The number of nitrogens with one attached hydrogen (secondary N) is 1. The summed E-state index contributed by atoms with van der Waals surface area (Å²) in [5, 5.41) is 3.04. The number of halogens is 1. The maximum atomic E-state index is 5.43. The summed E-state index contributed by atoms with van der Waals surface area (Å²) < 4.78 is 17.0. The molecule has 1 aromatic carbocycles. The highest BCUT2D eigenvalue weighted by Crippen LogP contribution is 2.44. The van der Waals surface area contributed by atoms with Crippen LogP contribution in [0.4, 0.5) is 5.82 Å². The molecular formula is C14H14BrN3O3. The molecule has 3 rings (SSSR count). The Morgan fingerprint density at radius 3 is 2.81 bits per heavy atom. The van der Waals surface area contributed by atoms with Crippen molar-refractivity contribution in [3.05, 3.63) is 22.3 Å². The van der Waals surface area contributed by atoms with Crippen molar-refractivity contribution >= 4 is 21.7 Å². The maximum Gasteiger partial charge on any atom is 0.231 e. The number of anilines is 1. The molecule has 1 N–H and O–H groups in total. The van der Waals surface area contributed by atoms with Crippen LogP contribution in [0.15, 0.2) is 16.6 Å². The van der Waals surface area contributed by atoms with Crippen LogP contribution in [0.2, 0.25) is 0 Å². The van der Waals surface area contributed by atoms with Crippen LogP contribution in [0.1, 0.15) is 5.69 Å². The van der Waals surface area contributed by atoms with Crippen molar-refractivity contribution in [2.45, 2.75) is 6.92 Å². The van der Waals surface area contributed by atoms with Crippen LogP contribution in [0.5, 0.6) is 17.2 Å². The predicted molar refractivity (Wildman–Crippen MR) is 82.1 cm³/mol. The van der Waals surface area contributed by atoms with Crippen LogP contribution in [0, 0.1) is 6.92 Å². The monoisotopic (exact) mass is 351 g/mol. The van der Waals surface area contributed by atoms with E-state index in [0.29, 0.717) is 23.1 Å². The van der Waals surface area contributed by atoms with Gasteiger partial charge in [0, 0.05) is 12.6 Å². The van der Waals surface area contributed by atoms with Crippen LogP contribution in [0.3, 0.4) is 0 Å². The molecular weight excluding hydrogens is 338 g/mol. The maximum absolute atomic E-state index is 5.43. The van der Waals surface area contributed by atoms with E-state index in [-0.39, 0.29) is 6.79 Å². The van der Waals surface area contributed by atoms with Gasteiger partial charge in [0.15, 0.2) is 17.3 Å². The summed E-state index contributed by atoms with van der Waals surface area (Å²) in [6, 6.07) is 3.70. The first-order valence-electron chi connectivity index (χ1n) is 6.34. The lowest BCUT2D eigenvalue weighted by Crippen LogP contribution is -2.01. The lowest BCUT2D eigenvalue weighted by atomic mass is 10.1. The molecule has 0 spiro atoms. The summed E-state index contributed by atoms with van der Waals surface area (Å²) in [7, 11) is 3.41. The molecule has 0 aliphatic carbocycles. The van der Waals surface area contributed by atoms with E-state index < -0.39 is 0 Å². The Labute approximate surface area is 130 Å². The Kier molecular flexibility index (Phi) is 3.59. The number of hydrogen-bond acceptors (Lipinski definition) is 6. The molecule has 1 aromatic heterocycles. The molecule has 1 aliphatic rings. The van der Waals surface area contributed by atoms with Crippen molar-refractivity contribution in [2.75, 3.05) is 26.3 Å². The van der Waals surface area contributed by atoms with Gasteiger partial charge < -0.3 is 19.5 Å². The minimum atomic E-state index is 0.192. The molecule has 0 radical (unpaired) electrons. The number of nitrogens with zero attached hydrogens (tertiary/aromatic N) is 2. The number of hydrogen-bond donors (Lipinski definition) is 1. The summed E-state index contributed by atoms with van der Waals surface area (Å²) in [5.41, 5.74) is 1.66. The van der Waals surface area contributed by atoms with E-state index in [1.807, 2.05) is 26.1 Å². The van der Waals surface area contributed by atoms with Gasteiger partial charge in [0.05, 0.1) is 17.3 Å². The number of methoxy groups -OCH3 is 1. The third kappa shape index (κ3) is 2.37. The molecule has 0 atom stereocenters. The second-order valence-electron chi connectivity index (χ2n) is 4.46. The Balaban J connectivity index is 2.15. The molecule has 2 aromatic rings. The highest BCUT2D eigenvalue weighted by molar-refractivity contribution is 9.10. The molecule has 7 heteroatoms. The second-order valence-corrected chi connectivity index (χ2v) is 5.25. The van der Waals surface area contributed by atoms with E-state index in [9.17, 15) is 0 Å². The summed E-state index contributed by atoms with van der Waals surface area (Å²) in [6.07, 6.45) is 0. The molecule has 21 heavy (non-hydrogen) atoms. The van der Waals surface area contributed by atoms with Gasteiger partial charge in [0.1, 0.15) is 5.82 Å². The Morgan fingerprint density at radius 1 is 1.29 bits per heavy atom. The van der Waals surface area contributed by atoms with Gasteiger partial charge in [0.25, 0.3) is 0 Å². The fourth-order valence-electron chi connectivity index (χ4n) is 2.11. The molecule has 6 nitrogen and oxygen atoms in total. The van der Waals surface area contributed by atoms with Crippen molar-refractivity contribution in [1.29, 1.82) is 0 Å². The van der Waals surface area contributed by atoms with Gasteiger partial charge in [-0.05, 0) is 35.0 Å². The van der Waals surface area contributed by atoms with E-state index in [4.69, 9.17) is 14.2 Å². The number of benzene rings is 1. The van der Waals surface area contributed by atoms with Gasteiger partial charge in [0.2, 0.25) is 12.5 Å². The Bertz CT molecular complexity index is 706. The number of aromatic nitrogens is 2. The zero-order valence-corrected chi connectivity index (χ0v) is 13.4. The SMILES string of the molecule is CNc1nc(-c2cc(OC)c3c(c2)OCO3)nc(C)c1Br. The smallest absolute Gasteiger partial charge is 0.231 e. The molecule has 2 heterocycles. The molecule has 0 saturated carbocycles. The zero-order chi connectivity index (χ0) is 15.0. The standard InChI is InChI=1S/C14H14BrN3O3/c1-7-11(15)14(16-2)18-13(17-7)8-4-9(19-3)12-10(5-8)20-6-21-12/h4-5H,6H2,1-3H3,(H,16,17,18). The summed E-state index contributed by atoms with van der Waals surface area (Å²) >= 11 is 3.47. The second kappa shape index (κ2) is 5.40. The van der Waals surface area contributed by atoms with Gasteiger partial charge in [-0.3, -0.25) is 0 Å². The fourth-order valence-corrected chi connectivity index (χ4v) is 2.49. The highest BCUT2D eigenvalue weighted by atomic mass is 79.9. The van der Waals surface area contributed by atoms with E-state index in [0.717, 1.165) is 21.5 Å². The van der Waals surface area contributed by atoms with Crippen LogP contribution < -0.4 is 19.5 Å². The first-order chi connectivity index (χ1) is 10.1. The molecule has 0 amide bonds. The van der Waals surface area contributed by atoms with Crippen molar-refractivity contribution in [3.8, 4) is 28.6 Å². The average molecular weight is 352 g/mol.